The Morgan fingerprint density at radius 1 is 0.638 bits per heavy atom. The summed E-state index contributed by atoms with van der Waals surface area (Å²) >= 11 is 0. The summed E-state index contributed by atoms with van der Waals surface area (Å²) in [5.74, 6) is 0. The molecule has 0 amide bonds. The van der Waals surface area contributed by atoms with Crippen LogP contribution in [0.4, 0.5) is 36.6 Å². The van der Waals surface area contributed by atoms with E-state index in [0.29, 0.717) is 0 Å². The van der Waals surface area contributed by atoms with Gasteiger partial charge in [-0.25, -0.2) is 34.0 Å². The molecule has 0 aliphatic carbocycles. The van der Waals surface area contributed by atoms with Crippen LogP contribution in [-0.4, -0.2) is 0 Å². The second-order valence-corrected chi connectivity index (χ2v) is 10.6. The predicted octanol–water partition coefficient (Wildman–Crippen LogP) is 13.3. The number of hydrogen-bond donors (Lipinski definition) is 0. The van der Waals surface area contributed by atoms with E-state index in [2.05, 4.69) is 47.8 Å². The molecule has 0 N–H and O–H groups in total. The van der Waals surface area contributed by atoms with Crippen LogP contribution in [0.3, 0.4) is 0 Å². The summed E-state index contributed by atoms with van der Waals surface area (Å²) in [5, 5.41) is 6.25. The van der Waals surface area contributed by atoms with E-state index < -0.39 is 7.81 Å². The van der Waals surface area contributed by atoms with Crippen molar-refractivity contribution < 1.29 is 59.3 Å². The first-order valence-electron chi connectivity index (χ1n) is 12.1. The fourth-order valence-electron chi connectivity index (χ4n) is 2.85. The number of hydrogen-bond acceptors (Lipinski definition) is 3. The number of para-hydroxylation sites is 1. The minimum atomic E-state index is -10.7. The second kappa shape index (κ2) is 27.0. The molecule has 0 saturated carbocycles. The Balaban J connectivity index is -0.000000108. The quantitative estimate of drug-likeness (QED) is 0.0769. The number of nitrogens with zero attached hydrogens (tertiary/aromatic N) is 5. The molecule has 255 valence electrons. The predicted molar refractivity (Wildman–Crippen MR) is 170 cm³/mol. The van der Waals surface area contributed by atoms with Gasteiger partial charge in [0.25, 0.3) is 0 Å². The summed E-state index contributed by atoms with van der Waals surface area (Å²) in [4.78, 5) is 21.3. The van der Waals surface area contributed by atoms with Crippen molar-refractivity contribution in [1.29, 1.82) is 5.26 Å². The standard InChI is InChI=1S/2C9H9N.2C6H7.CN.F6P.2Mn.2NO/c1-7-4-5-9(10-3)8(2)6-7;1-7-5-4-6-8(2)9(7)10-3;2*1-6-4-2-3-5-6;1-2;1-7(2,3,4,5)6;;;2*1-2/h2*4-6H,1-2H3;2*2-5H,1H3;;;;;;/q;;4*-1;+2;+3;2*-1. The van der Waals surface area contributed by atoms with Gasteiger partial charge in [-0.05, 0) is 44.4 Å². The molecule has 7 nitrogen and oxygen atoms in total. The van der Waals surface area contributed by atoms with Gasteiger partial charge in [0.1, 0.15) is 0 Å². The summed E-state index contributed by atoms with van der Waals surface area (Å²) in [6.45, 7) is 30.5. The van der Waals surface area contributed by atoms with E-state index >= 15 is 0 Å². The van der Waals surface area contributed by atoms with Crippen molar-refractivity contribution in [1.82, 2.24) is 0 Å². The van der Waals surface area contributed by atoms with Gasteiger partial charge in [0.05, 0.1) is 13.1 Å². The summed E-state index contributed by atoms with van der Waals surface area (Å²) in [6, 6.07) is 28.2. The molecule has 0 spiro atoms. The average Bonchev–Trinajstić information content (AvgIpc) is 3.65. The monoisotopic (exact) mass is 761 g/mol. The van der Waals surface area contributed by atoms with Crippen LogP contribution in [0.15, 0.2) is 84.9 Å². The van der Waals surface area contributed by atoms with Gasteiger partial charge in [0.2, 0.25) is 0 Å². The zero-order valence-corrected chi connectivity index (χ0v) is 29.4. The summed E-state index contributed by atoms with van der Waals surface area (Å²) in [6.07, 6.45) is 0. The number of nitroso groups, excluding NO2 is 2. The maximum atomic E-state index is 9.87. The molecule has 0 unspecified atom stereocenters. The fraction of sp³-hybridized carbons (Fsp3) is 0.194. The molecule has 0 aromatic heterocycles. The maximum absolute atomic E-state index is 10.7. The van der Waals surface area contributed by atoms with E-state index in [9.17, 15) is 25.2 Å². The van der Waals surface area contributed by atoms with E-state index in [4.69, 9.17) is 46.0 Å². The zero-order chi connectivity index (χ0) is 36.3. The van der Waals surface area contributed by atoms with Gasteiger partial charge in [0, 0.05) is 0 Å². The van der Waals surface area contributed by atoms with Crippen LogP contribution < -0.4 is 0 Å². The Hall–Kier alpha value is -4.14. The van der Waals surface area contributed by atoms with Crippen LogP contribution in [-0.2, 0) is 34.1 Å². The van der Waals surface area contributed by atoms with Crippen LogP contribution in [0.25, 0.3) is 20.9 Å². The molecule has 1 radical (unpaired) electrons. The Labute approximate surface area is 293 Å². The molecule has 0 heterocycles. The van der Waals surface area contributed by atoms with E-state index in [-0.39, 0.29) is 34.1 Å². The minimum Gasteiger partial charge on any atom is -0.577 e. The number of rotatable bonds is 0. The molecular formula is C31H32F6Mn2N5O2P-. The van der Waals surface area contributed by atoms with Gasteiger partial charge in [-0.15, -0.1) is 0 Å². The van der Waals surface area contributed by atoms with E-state index in [0.717, 1.165) is 28.1 Å². The van der Waals surface area contributed by atoms with Crippen LogP contribution in [0, 0.1) is 76.3 Å². The van der Waals surface area contributed by atoms with Gasteiger partial charge < -0.3 is 32.8 Å². The molecular weight excluding hydrogens is 729 g/mol. The number of aryl methyl sites for hydroxylation is 6. The smallest absolute Gasteiger partial charge is 0.577 e. The summed E-state index contributed by atoms with van der Waals surface area (Å²) in [5.41, 5.74) is 20.1. The van der Waals surface area contributed by atoms with Crippen molar-refractivity contribution >= 4 is 19.2 Å². The first-order chi connectivity index (χ1) is 20.7. The molecule has 0 atom stereocenters. The van der Waals surface area contributed by atoms with Gasteiger partial charge in [-0.2, -0.15) is 35.4 Å². The average molecular weight is 761 g/mol. The van der Waals surface area contributed by atoms with Gasteiger partial charge >= 0.3 is 67.1 Å². The first-order valence-corrected chi connectivity index (χ1v) is 14.2. The fourth-order valence-corrected chi connectivity index (χ4v) is 2.85. The molecule has 4 aromatic carbocycles. The van der Waals surface area contributed by atoms with Crippen molar-refractivity contribution in [3.05, 3.63) is 169 Å². The Morgan fingerprint density at radius 2 is 1.00 bits per heavy atom. The van der Waals surface area contributed by atoms with Crippen LogP contribution >= 0.6 is 7.81 Å². The molecule has 4 rings (SSSR count). The maximum Gasteiger partial charge on any atom is 3.00 e. The third-order valence-corrected chi connectivity index (χ3v) is 4.68. The number of benzene rings is 2. The minimum absolute atomic E-state index is 0. The molecule has 0 aliphatic rings. The third-order valence-electron chi connectivity index (χ3n) is 4.68. The largest absolute Gasteiger partial charge is 3.00 e. The molecule has 0 aliphatic heterocycles. The van der Waals surface area contributed by atoms with Gasteiger partial charge in [0.15, 0.2) is 11.4 Å². The molecule has 0 saturated heterocycles. The van der Waals surface area contributed by atoms with Crippen LogP contribution in [0.5, 0.6) is 0 Å². The Morgan fingerprint density at radius 3 is 1.19 bits per heavy atom. The zero-order valence-electron chi connectivity index (χ0n) is 26.1. The van der Waals surface area contributed by atoms with Crippen molar-refractivity contribution in [3.63, 3.8) is 0 Å². The van der Waals surface area contributed by atoms with Crippen molar-refractivity contribution in [2.45, 2.75) is 41.5 Å². The third kappa shape index (κ3) is 39.8. The Bertz CT molecular complexity index is 1410. The van der Waals surface area contributed by atoms with E-state index in [1.165, 1.54) is 16.7 Å². The van der Waals surface area contributed by atoms with Crippen molar-refractivity contribution in [2.24, 2.45) is 0 Å². The normalized spacial score (nSPS) is 9.70. The molecule has 47 heavy (non-hydrogen) atoms. The van der Waals surface area contributed by atoms with Crippen molar-refractivity contribution in [2.75, 3.05) is 0 Å². The van der Waals surface area contributed by atoms with Gasteiger partial charge in [-0.3, -0.25) is 0 Å². The van der Waals surface area contributed by atoms with Crippen LogP contribution in [0.1, 0.15) is 33.4 Å². The number of halogens is 6. The van der Waals surface area contributed by atoms with Crippen LogP contribution in [0.2, 0.25) is 0 Å². The summed E-state index contributed by atoms with van der Waals surface area (Å²) in [7, 11) is -10.7. The SMILES string of the molecule is Cc1ccc[cH-]1.Cc1ccc[cH-]1.F[P-](F)(F)(F)(F)F.[C-]#N.[C-]#[N+]c1c(C)cccc1C.[C-]#[N+]c1ccc(C)cc1C.[Mn+2].[Mn+3].[N-]=O.[N-]=O. The first kappa shape index (κ1) is 55.3. The Kier molecular flexibility index (Phi) is 31.8. The molecule has 0 bridgehead atoms. The van der Waals surface area contributed by atoms with E-state index in [1.807, 2.05) is 88.4 Å². The topological polar surface area (TPSA) is 111 Å². The van der Waals surface area contributed by atoms with Gasteiger partial charge in [-0.1, -0.05) is 55.8 Å². The summed E-state index contributed by atoms with van der Waals surface area (Å²) < 4.78 is 59.2. The molecule has 4 aromatic rings. The second-order valence-electron chi connectivity index (χ2n) is 8.64. The molecule has 0 fully saturated rings. The molecule has 16 heteroatoms. The van der Waals surface area contributed by atoms with Crippen molar-refractivity contribution in [3.8, 4) is 0 Å². The van der Waals surface area contributed by atoms with E-state index in [1.54, 1.807) is 0 Å².